The number of nitrogens with zero attached hydrogens (tertiary/aromatic N) is 3. The predicted molar refractivity (Wildman–Crippen MR) is 99.0 cm³/mol. The minimum absolute atomic E-state index is 0. The number of nitrogens with one attached hydrogen (secondary N) is 2. The summed E-state index contributed by atoms with van der Waals surface area (Å²) in [7, 11) is 1.45. The van der Waals surface area contributed by atoms with Crippen LogP contribution in [-0.2, 0) is 6.54 Å². The van der Waals surface area contributed by atoms with Gasteiger partial charge in [-0.15, -0.1) is 24.0 Å². The number of alkyl halides is 3. The molecule has 2 aromatic rings. The first-order chi connectivity index (χ1) is 11.4. The van der Waals surface area contributed by atoms with Crippen LogP contribution in [0.1, 0.15) is 12.3 Å². The molecule has 1 aromatic heterocycles. The van der Waals surface area contributed by atoms with Gasteiger partial charge in [-0.2, -0.15) is 18.2 Å². The second kappa shape index (κ2) is 9.80. The van der Waals surface area contributed by atoms with Crippen molar-refractivity contribution in [2.24, 2.45) is 4.99 Å². The van der Waals surface area contributed by atoms with Crippen molar-refractivity contribution in [1.82, 2.24) is 20.8 Å². The van der Waals surface area contributed by atoms with Crippen molar-refractivity contribution in [3.05, 3.63) is 35.2 Å². The molecule has 0 spiro atoms. The van der Waals surface area contributed by atoms with Crippen LogP contribution < -0.4 is 10.6 Å². The molecule has 0 atom stereocenters. The van der Waals surface area contributed by atoms with E-state index in [1.54, 1.807) is 24.3 Å². The Morgan fingerprint density at radius 1 is 1.24 bits per heavy atom. The Kier molecular flexibility index (Phi) is 8.42. The van der Waals surface area contributed by atoms with Crippen LogP contribution in [0.2, 0.25) is 5.02 Å². The van der Waals surface area contributed by atoms with Crippen LogP contribution in [0.5, 0.6) is 0 Å². The topological polar surface area (TPSA) is 75.3 Å². The van der Waals surface area contributed by atoms with Crippen LogP contribution in [0.15, 0.2) is 33.8 Å². The third kappa shape index (κ3) is 7.46. The van der Waals surface area contributed by atoms with E-state index in [-0.39, 0.29) is 48.9 Å². The fourth-order valence-electron chi connectivity index (χ4n) is 1.75. The summed E-state index contributed by atoms with van der Waals surface area (Å²) in [5.74, 6) is 0.882. The van der Waals surface area contributed by atoms with E-state index in [4.69, 9.17) is 16.1 Å². The number of aromatic nitrogens is 2. The Morgan fingerprint density at radius 2 is 1.92 bits per heavy atom. The molecule has 0 saturated carbocycles. The third-order valence-corrected chi connectivity index (χ3v) is 3.15. The van der Waals surface area contributed by atoms with Gasteiger partial charge in [-0.1, -0.05) is 16.8 Å². The van der Waals surface area contributed by atoms with Crippen LogP contribution >= 0.6 is 35.6 Å². The van der Waals surface area contributed by atoms with Crippen molar-refractivity contribution in [2.45, 2.75) is 19.1 Å². The molecule has 11 heteroatoms. The highest BCUT2D eigenvalue weighted by Gasteiger charge is 2.26. The summed E-state index contributed by atoms with van der Waals surface area (Å²) in [6.07, 6.45) is -5.17. The van der Waals surface area contributed by atoms with E-state index in [0.717, 1.165) is 5.56 Å². The Morgan fingerprint density at radius 3 is 2.52 bits per heavy atom. The predicted octanol–water partition coefficient (Wildman–Crippen LogP) is 3.63. The number of rotatable bonds is 5. The minimum atomic E-state index is -4.22. The largest absolute Gasteiger partial charge is 0.390 e. The van der Waals surface area contributed by atoms with Crippen molar-refractivity contribution in [3.63, 3.8) is 0 Å². The fraction of sp³-hybridized carbons (Fsp3) is 0.357. The lowest BCUT2D eigenvalue weighted by Gasteiger charge is -2.11. The Labute approximate surface area is 164 Å². The standard InChI is InChI=1S/C14H15ClF3N5O.HI/c1-19-13(20-7-6-14(16,17)18)21-8-11-22-12(23-24-11)9-2-4-10(15)5-3-9;/h2-5H,6-8H2,1H3,(H2,19,20,21);1H. The Hall–Kier alpha value is -1.56. The summed E-state index contributed by atoms with van der Waals surface area (Å²) in [6.45, 7) is -0.144. The molecule has 0 radical (unpaired) electrons. The minimum Gasteiger partial charge on any atom is -0.356 e. The smallest absolute Gasteiger partial charge is 0.356 e. The molecule has 0 saturated heterocycles. The second-order valence-electron chi connectivity index (χ2n) is 4.74. The normalized spacial score (nSPS) is 11.8. The van der Waals surface area contributed by atoms with Gasteiger partial charge in [0, 0.05) is 24.2 Å². The molecular formula is C14H16ClF3IN5O. The molecule has 0 fully saturated rings. The van der Waals surface area contributed by atoms with E-state index in [1.165, 1.54) is 7.05 Å². The monoisotopic (exact) mass is 489 g/mol. The zero-order chi connectivity index (χ0) is 17.6. The van der Waals surface area contributed by atoms with Crippen molar-refractivity contribution in [3.8, 4) is 11.4 Å². The maximum Gasteiger partial charge on any atom is 0.390 e. The van der Waals surface area contributed by atoms with Gasteiger partial charge >= 0.3 is 6.18 Å². The summed E-state index contributed by atoms with van der Waals surface area (Å²) in [5, 5.41) is 9.79. The summed E-state index contributed by atoms with van der Waals surface area (Å²) in [6, 6.07) is 6.92. The van der Waals surface area contributed by atoms with Crippen LogP contribution in [0.4, 0.5) is 13.2 Å². The Bertz CT molecular complexity index is 691. The second-order valence-corrected chi connectivity index (χ2v) is 5.17. The van der Waals surface area contributed by atoms with E-state index in [1.807, 2.05) is 0 Å². The quantitative estimate of drug-likeness (QED) is 0.381. The number of hydrogen-bond donors (Lipinski definition) is 2. The Balaban J connectivity index is 0.00000312. The first-order valence-electron chi connectivity index (χ1n) is 6.97. The van der Waals surface area contributed by atoms with Crippen LogP contribution in [0.25, 0.3) is 11.4 Å². The summed E-state index contributed by atoms with van der Waals surface area (Å²) < 4.78 is 41.4. The van der Waals surface area contributed by atoms with Gasteiger partial charge in [-0.25, -0.2) is 0 Å². The highest BCUT2D eigenvalue weighted by Crippen LogP contribution is 2.19. The molecule has 2 N–H and O–H groups in total. The van der Waals surface area contributed by atoms with Gasteiger partial charge in [-0.3, -0.25) is 4.99 Å². The number of guanidine groups is 1. The van der Waals surface area contributed by atoms with E-state index in [2.05, 4.69) is 25.8 Å². The molecule has 0 aliphatic rings. The molecule has 2 rings (SSSR count). The van der Waals surface area contributed by atoms with E-state index < -0.39 is 12.6 Å². The number of hydrogen-bond acceptors (Lipinski definition) is 4. The maximum atomic E-state index is 12.1. The molecule has 0 aliphatic heterocycles. The lowest BCUT2D eigenvalue weighted by Crippen LogP contribution is -2.38. The van der Waals surface area contributed by atoms with Crippen LogP contribution in [0.3, 0.4) is 0 Å². The zero-order valence-corrected chi connectivity index (χ0v) is 16.2. The molecule has 1 aromatic carbocycles. The van der Waals surface area contributed by atoms with Gasteiger partial charge in [0.05, 0.1) is 13.0 Å². The molecular weight excluding hydrogens is 474 g/mol. The first kappa shape index (κ1) is 21.5. The molecule has 6 nitrogen and oxygen atoms in total. The van der Waals surface area contributed by atoms with E-state index in [0.29, 0.717) is 10.8 Å². The van der Waals surface area contributed by atoms with Gasteiger partial charge in [0.2, 0.25) is 11.7 Å². The molecule has 0 amide bonds. The molecule has 0 aliphatic carbocycles. The maximum absolute atomic E-state index is 12.1. The number of halogens is 5. The van der Waals surface area contributed by atoms with Gasteiger partial charge in [0.1, 0.15) is 0 Å². The van der Waals surface area contributed by atoms with Crippen molar-refractivity contribution >= 4 is 41.5 Å². The lowest BCUT2D eigenvalue weighted by molar-refractivity contribution is -0.132. The lowest BCUT2D eigenvalue weighted by atomic mass is 10.2. The summed E-state index contributed by atoms with van der Waals surface area (Å²) >= 11 is 5.81. The molecule has 25 heavy (non-hydrogen) atoms. The molecule has 0 unspecified atom stereocenters. The highest BCUT2D eigenvalue weighted by molar-refractivity contribution is 14.0. The van der Waals surface area contributed by atoms with Crippen molar-refractivity contribution in [2.75, 3.05) is 13.6 Å². The number of benzene rings is 1. The molecule has 0 bridgehead atoms. The van der Waals surface area contributed by atoms with E-state index >= 15 is 0 Å². The third-order valence-electron chi connectivity index (χ3n) is 2.90. The summed E-state index contributed by atoms with van der Waals surface area (Å²) in [5.41, 5.74) is 0.738. The van der Waals surface area contributed by atoms with Crippen molar-refractivity contribution in [1.29, 1.82) is 0 Å². The van der Waals surface area contributed by atoms with Crippen LogP contribution in [0, 0.1) is 0 Å². The van der Waals surface area contributed by atoms with Gasteiger partial charge in [-0.05, 0) is 24.3 Å². The summed E-state index contributed by atoms with van der Waals surface area (Å²) in [4.78, 5) is 8.01. The first-order valence-corrected chi connectivity index (χ1v) is 7.35. The van der Waals surface area contributed by atoms with Gasteiger partial charge < -0.3 is 15.2 Å². The molecule has 1 heterocycles. The number of aliphatic imine (C=N–C) groups is 1. The van der Waals surface area contributed by atoms with Crippen molar-refractivity contribution < 1.29 is 17.7 Å². The highest BCUT2D eigenvalue weighted by atomic mass is 127. The SMILES string of the molecule is CN=C(NCCC(F)(F)F)NCc1nc(-c2ccc(Cl)cc2)no1.I. The average Bonchev–Trinajstić information content (AvgIpc) is 2.99. The average molecular weight is 490 g/mol. The van der Waals surface area contributed by atoms with Gasteiger partial charge in [0.25, 0.3) is 0 Å². The molecule has 138 valence electrons. The van der Waals surface area contributed by atoms with Crippen LogP contribution in [-0.4, -0.2) is 35.9 Å². The van der Waals surface area contributed by atoms with E-state index in [9.17, 15) is 13.2 Å². The fourth-order valence-corrected chi connectivity index (χ4v) is 1.87. The van der Waals surface area contributed by atoms with Gasteiger partial charge in [0.15, 0.2) is 5.96 Å². The zero-order valence-electron chi connectivity index (χ0n) is 13.1.